The molecule has 0 radical (unpaired) electrons. The molecule has 2 aliphatic rings. The van der Waals surface area contributed by atoms with Crippen LogP contribution in [-0.2, 0) is 0 Å². The van der Waals surface area contributed by atoms with Gasteiger partial charge in [-0.3, -0.25) is 0 Å². The Labute approximate surface area is 57.6 Å². The first kappa shape index (κ1) is 5.76. The summed E-state index contributed by atoms with van der Waals surface area (Å²) in [6, 6.07) is 0. The van der Waals surface area contributed by atoms with Crippen molar-refractivity contribution < 1.29 is 0 Å². The molecule has 2 fully saturated rings. The highest BCUT2D eigenvalue weighted by Crippen LogP contribution is 2.70. The maximum Gasteiger partial charge on any atom is -0.0347 e. The van der Waals surface area contributed by atoms with Gasteiger partial charge in [0.05, 0.1) is 0 Å². The predicted octanol–water partition coefficient (Wildman–Crippen LogP) is 2.69. The van der Waals surface area contributed by atoms with E-state index in [4.69, 9.17) is 0 Å². The summed E-state index contributed by atoms with van der Waals surface area (Å²) in [5, 5.41) is 0. The second-order valence-electron chi connectivity index (χ2n) is 4.99. The SMILES string of the molecule is CC(C)(C)CC1C2CC21. The van der Waals surface area contributed by atoms with Crippen LogP contribution in [0.4, 0.5) is 0 Å². The van der Waals surface area contributed by atoms with Crippen molar-refractivity contribution in [2.75, 3.05) is 0 Å². The van der Waals surface area contributed by atoms with Crippen LogP contribution in [-0.4, -0.2) is 0 Å². The van der Waals surface area contributed by atoms with Gasteiger partial charge in [0.15, 0.2) is 0 Å². The smallest absolute Gasteiger partial charge is 0.0347 e. The largest absolute Gasteiger partial charge is 0.0602 e. The predicted molar refractivity (Wildman–Crippen MR) is 39.2 cm³/mol. The van der Waals surface area contributed by atoms with Gasteiger partial charge in [0.2, 0.25) is 0 Å². The molecule has 2 atom stereocenters. The first-order valence-electron chi connectivity index (χ1n) is 4.08. The standard InChI is InChI=1S/C9H16/c1-9(2,3)5-8-6-4-7(6)8/h6-8H,4-5H2,1-3H3. The molecule has 2 saturated carbocycles. The fraction of sp³-hybridized carbons (Fsp3) is 1.00. The molecule has 0 heterocycles. The molecule has 0 aromatic rings. The molecule has 52 valence electrons. The van der Waals surface area contributed by atoms with Crippen LogP contribution in [0.1, 0.15) is 33.6 Å². The number of hydrogen-bond acceptors (Lipinski definition) is 0. The molecule has 0 heteroatoms. The molecule has 2 unspecified atom stereocenters. The van der Waals surface area contributed by atoms with Crippen molar-refractivity contribution in [1.29, 1.82) is 0 Å². The average Bonchev–Trinajstić information content (AvgIpc) is 2.39. The summed E-state index contributed by atoms with van der Waals surface area (Å²) in [5.41, 5.74) is 0.595. The van der Waals surface area contributed by atoms with Gasteiger partial charge in [-0.15, -0.1) is 0 Å². The Kier molecular flexibility index (Phi) is 0.868. The number of fused-ring (bicyclic) bond motifs is 1. The molecular weight excluding hydrogens is 108 g/mol. The summed E-state index contributed by atoms with van der Waals surface area (Å²) in [6.07, 6.45) is 3.04. The van der Waals surface area contributed by atoms with Gasteiger partial charge in [0.1, 0.15) is 0 Å². The number of rotatable bonds is 1. The quantitative estimate of drug-likeness (QED) is 0.504. The van der Waals surface area contributed by atoms with Crippen molar-refractivity contribution in [2.24, 2.45) is 23.2 Å². The Morgan fingerprint density at radius 3 is 1.89 bits per heavy atom. The zero-order chi connectivity index (χ0) is 6.65. The second-order valence-corrected chi connectivity index (χ2v) is 4.99. The van der Waals surface area contributed by atoms with Crippen molar-refractivity contribution in [3.05, 3.63) is 0 Å². The summed E-state index contributed by atoms with van der Waals surface area (Å²) in [7, 11) is 0. The van der Waals surface area contributed by atoms with Crippen LogP contribution < -0.4 is 0 Å². The minimum atomic E-state index is 0.595. The normalized spacial score (nSPS) is 46.3. The molecular formula is C9H16. The Bertz CT molecular complexity index is 121. The fourth-order valence-electron chi connectivity index (χ4n) is 1.92. The van der Waals surface area contributed by atoms with Gasteiger partial charge < -0.3 is 0 Å². The Hall–Kier alpha value is 0. The Balaban J connectivity index is 1.78. The van der Waals surface area contributed by atoms with Crippen LogP contribution in [0.15, 0.2) is 0 Å². The third kappa shape index (κ3) is 0.997. The third-order valence-corrected chi connectivity index (χ3v) is 2.70. The first-order valence-corrected chi connectivity index (χ1v) is 4.08. The van der Waals surface area contributed by atoms with Crippen LogP contribution in [0.25, 0.3) is 0 Å². The molecule has 0 aromatic carbocycles. The van der Waals surface area contributed by atoms with E-state index in [9.17, 15) is 0 Å². The minimum Gasteiger partial charge on any atom is -0.0602 e. The van der Waals surface area contributed by atoms with Crippen LogP contribution in [0, 0.1) is 23.2 Å². The third-order valence-electron chi connectivity index (χ3n) is 2.70. The van der Waals surface area contributed by atoms with Crippen LogP contribution in [0.2, 0.25) is 0 Å². The van der Waals surface area contributed by atoms with E-state index in [0.29, 0.717) is 5.41 Å². The van der Waals surface area contributed by atoms with Gasteiger partial charge in [0.25, 0.3) is 0 Å². The van der Waals surface area contributed by atoms with E-state index in [1.54, 1.807) is 6.42 Å². The monoisotopic (exact) mass is 124 g/mol. The lowest BCUT2D eigenvalue weighted by atomic mass is 9.87. The van der Waals surface area contributed by atoms with E-state index >= 15 is 0 Å². The molecule has 0 aromatic heterocycles. The fourth-order valence-corrected chi connectivity index (χ4v) is 1.92. The zero-order valence-corrected chi connectivity index (χ0v) is 6.65. The van der Waals surface area contributed by atoms with Crippen molar-refractivity contribution in [3.8, 4) is 0 Å². The molecule has 0 aliphatic heterocycles. The lowest BCUT2D eigenvalue weighted by molar-refractivity contribution is 0.321. The average molecular weight is 124 g/mol. The topological polar surface area (TPSA) is 0 Å². The van der Waals surface area contributed by atoms with Crippen LogP contribution in [0.5, 0.6) is 0 Å². The van der Waals surface area contributed by atoms with Gasteiger partial charge in [-0.2, -0.15) is 0 Å². The highest BCUT2D eigenvalue weighted by atomic mass is 14.7. The van der Waals surface area contributed by atoms with Gasteiger partial charge in [0, 0.05) is 0 Å². The molecule has 9 heavy (non-hydrogen) atoms. The van der Waals surface area contributed by atoms with Gasteiger partial charge in [-0.25, -0.2) is 0 Å². The Morgan fingerprint density at radius 1 is 1.22 bits per heavy atom. The van der Waals surface area contributed by atoms with E-state index in [2.05, 4.69) is 20.8 Å². The summed E-state index contributed by atoms with van der Waals surface area (Å²) in [6.45, 7) is 7.06. The lowest BCUT2D eigenvalue weighted by Gasteiger charge is -2.19. The van der Waals surface area contributed by atoms with Crippen molar-refractivity contribution in [3.63, 3.8) is 0 Å². The van der Waals surface area contributed by atoms with E-state index in [1.165, 1.54) is 18.3 Å². The van der Waals surface area contributed by atoms with E-state index in [-0.39, 0.29) is 0 Å². The van der Waals surface area contributed by atoms with Crippen molar-refractivity contribution in [2.45, 2.75) is 33.6 Å². The van der Waals surface area contributed by atoms with Crippen LogP contribution >= 0.6 is 0 Å². The summed E-state index contributed by atoms with van der Waals surface area (Å²) in [4.78, 5) is 0. The van der Waals surface area contributed by atoms with E-state index in [0.717, 1.165) is 5.92 Å². The molecule has 0 nitrogen and oxygen atoms in total. The Morgan fingerprint density at radius 2 is 1.78 bits per heavy atom. The maximum absolute atomic E-state index is 2.35. The molecule has 0 saturated heterocycles. The summed E-state index contributed by atoms with van der Waals surface area (Å²) < 4.78 is 0. The second kappa shape index (κ2) is 1.36. The first-order chi connectivity index (χ1) is 4.08. The zero-order valence-electron chi connectivity index (χ0n) is 6.65. The molecule has 2 rings (SSSR count). The minimum absolute atomic E-state index is 0.595. The lowest BCUT2D eigenvalue weighted by Crippen LogP contribution is -2.08. The van der Waals surface area contributed by atoms with E-state index < -0.39 is 0 Å². The summed E-state index contributed by atoms with van der Waals surface area (Å²) >= 11 is 0. The highest BCUT2D eigenvalue weighted by molar-refractivity contribution is 5.12. The van der Waals surface area contributed by atoms with Crippen molar-refractivity contribution in [1.82, 2.24) is 0 Å². The van der Waals surface area contributed by atoms with Crippen molar-refractivity contribution >= 4 is 0 Å². The summed E-state index contributed by atoms with van der Waals surface area (Å²) in [5.74, 6) is 3.55. The van der Waals surface area contributed by atoms with Crippen LogP contribution in [0.3, 0.4) is 0 Å². The molecule has 0 bridgehead atoms. The molecule has 2 aliphatic carbocycles. The maximum atomic E-state index is 2.35. The van der Waals surface area contributed by atoms with E-state index in [1.807, 2.05) is 0 Å². The van der Waals surface area contributed by atoms with Gasteiger partial charge in [-0.05, 0) is 36.0 Å². The molecule has 0 N–H and O–H groups in total. The molecule has 0 spiro atoms. The number of hydrogen-bond donors (Lipinski definition) is 0. The molecule has 0 amide bonds. The van der Waals surface area contributed by atoms with Gasteiger partial charge in [-0.1, -0.05) is 20.8 Å². The highest BCUT2D eigenvalue weighted by Gasteiger charge is 2.63. The van der Waals surface area contributed by atoms with Gasteiger partial charge >= 0.3 is 0 Å².